The SMILES string of the molecule is CC(C)COC(C)Oc1ccc(C(CC(C)I)C(C)C)cc1. The number of benzene rings is 1. The summed E-state index contributed by atoms with van der Waals surface area (Å²) in [6.45, 7) is 13.8. The zero-order valence-electron chi connectivity index (χ0n) is 14.8. The van der Waals surface area contributed by atoms with Crippen molar-refractivity contribution >= 4 is 22.6 Å². The van der Waals surface area contributed by atoms with Gasteiger partial charge in [0.1, 0.15) is 5.75 Å². The van der Waals surface area contributed by atoms with Crippen LogP contribution in [0.5, 0.6) is 5.75 Å². The highest BCUT2D eigenvalue weighted by atomic mass is 127. The van der Waals surface area contributed by atoms with Gasteiger partial charge in [0, 0.05) is 3.92 Å². The first kappa shape index (κ1) is 19.8. The molecule has 3 atom stereocenters. The van der Waals surface area contributed by atoms with Gasteiger partial charge in [-0.25, -0.2) is 0 Å². The van der Waals surface area contributed by atoms with E-state index in [0.717, 1.165) is 12.4 Å². The van der Waals surface area contributed by atoms with E-state index < -0.39 is 0 Å². The van der Waals surface area contributed by atoms with Crippen LogP contribution >= 0.6 is 22.6 Å². The quantitative estimate of drug-likeness (QED) is 0.277. The van der Waals surface area contributed by atoms with Gasteiger partial charge in [-0.2, -0.15) is 0 Å². The Morgan fingerprint density at radius 3 is 2.00 bits per heavy atom. The van der Waals surface area contributed by atoms with Crippen LogP contribution in [-0.4, -0.2) is 16.8 Å². The molecule has 22 heavy (non-hydrogen) atoms. The molecule has 0 aliphatic heterocycles. The standard InChI is InChI=1S/C19H31IO2/c1-13(2)12-21-16(6)22-18-9-7-17(8-10-18)19(14(3)4)11-15(5)20/h7-10,13-16,19H,11-12H2,1-6H3. The van der Waals surface area contributed by atoms with Crippen molar-refractivity contribution in [2.75, 3.05) is 6.61 Å². The van der Waals surface area contributed by atoms with Crippen molar-refractivity contribution in [2.24, 2.45) is 11.8 Å². The zero-order valence-corrected chi connectivity index (χ0v) is 17.0. The lowest BCUT2D eigenvalue weighted by molar-refractivity contribution is -0.0755. The fourth-order valence-electron chi connectivity index (χ4n) is 2.49. The summed E-state index contributed by atoms with van der Waals surface area (Å²) in [5.74, 6) is 2.66. The lowest BCUT2D eigenvalue weighted by Crippen LogP contribution is -2.19. The molecule has 1 rings (SSSR count). The molecule has 2 nitrogen and oxygen atoms in total. The minimum Gasteiger partial charge on any atom is -0.465 e. The van der Waals surface area contributed by atoms with Crippen molar-refractivity contribution in [3.63, 3.8) is 0 Å². The summed E-state index contributed by atoms with van der Waals surface area (Å²) in [5, 5.41) is 0. The summed E-state index contributed by atoms with van der Waals surface area (Å²) in [4.78, 5) is 0. The maximum atomic E-state index is 5.82. The van der Waals surface area contributed by atoms with Crippen molar-refractivity contribution in [1.82, 2.24) is 0 Å². The second-order valence-corrected chi connectivity index (χ2v) is 8.98. The summed E-state index contributed by atoms with van der Waals surface area (Å²) in [7, 11) is 0. The van der Waals surface area contributed by atoms with Gasteiger partial charge in [0.25, 0.3) is 0 Å². The Kier molecular flexibility index (Phi) is 8.77. The number of ether oxygens (including phenoxy) is 2. The minimum atomic E-state index is -0.205. The van der Waals surface area contributed by atoms with Crippen LogP contribution in [0.25, 0.3) is 0 Å². The monoisotopic (exact) mass is 418 g/mol. The molecule has 1 aromatic rings. The second kappa shape index (κ2) is 9.76. The summed E-state index contributed by atoms with van der Waals surface area (Å²) >= 11 is 2.51. The molecule has 0 amide bonds. The van der Waals surface area contributed by atoms with Crippen molar-refractivity contribution in [3.05, 3.63) is 29.8 Å². The van der Waals surface area contributed by atoms with Gasteiger partial charge in [0.2, 0.25) is 0 Å². The van der Waals surface area contributed by atoms with Gasteiger partial charge in [-0.05, 0) is 48.8 Å². The molecular weight excluding hydrogens is 387 g/mol. The normalized spacial score (nSPS) is 15.9. The molecular formula is C19H31IO2. The predicted molar refractivity (Wildman–Crippen MR) is 103 cm³/mol. The maximum Gasteiger partial charge on any atom is 0.196 e. The summed E-state index contributed by atoms with van der Waals surface area (Å²) in [6, 6.07) is 8.54. The van der Waals surface area contributed by atoms with Crippen LogP contribution in [0, 0.1) is 11.8 Å². The van der Waals surface area contributed by atoms with Crippen LogP contribution in [0.4, 0.5) is 0 Å². The van der Waals surface area contributed by atoms with E-state index in [9.17, 15) is 0 Å². The third-order valence-electron chi connectivity index (χ3n) is 3.66. The Bertz CT molecular complexity index is 412. The molecule has 1 aromatic carbocycles. The Morgan fingerprint density at radius 2 is 1.55 bits per heavy atom. The molecule has 3 heteroatoms. The number of alkyl halides is 1. The third kappa shape index (κ3) is 7.32. The van der Waals surface area contributed by atoms with E-state index >= 15 is 0 Å². The van der Waals surface area contributed by atoms with Crippen molar-refractivity contribution in [1.29, 1.82) is 0 Å². The van der Waals surface area contributed by atoms with Gasteiger partial charge >= 0.3 is 0 Å². The summed E-state index contributed by atoms with van der Waals surface area (Å²) in [6.07, 6.45) is 1.01. The number of halogens is 1. The number of hydrogen-bond acceptors (Lipinski definition) is 2. The van der Waals surface area contributed by atoms with E-state index in [-0.39, 0.29) is 6.29 Å². The highest BCUT2D eigenvalue weighted by molar-refractivity contribution is 14.1. The third-order valence-corrected chi connectivity index (χ3v) is 4.17. The largest absolute Gasteiger partial charge is 0.465 e. The molecule has 0 radical (unpaired) electrons. The molecule has 0 fully saturated rings. The van der Waals surface area contributed by atoms with Gasteiger partial charge < -0.3 is 9.47 Å². The molecule has 0 heterocycles. The Balaban J connectivity index is 2.64. The molecule has 0 aliphatic rings. The van der Waals surface area contributed by atoms with Gasteiger partial charge in [0.05, 0.1) is 6.61 Å². The second-order valence-electron chi connectivity index (χ2n) is 6.85. The first-order chi connectivity index (χ1) is 10.3. The highest BCUT2D eigenvalue weighted by Crippen LogP contribution is 2.32. The average molecular weight is 418 g/mol. The van der Waals surface area contributed by atoms with Crippen LogP contribution in [0.15, 0.2) is 24.3 Å². The number of hydrogen-bond donors (Lipinski definition) is 0. The molecule has 3 unspecified atom stereocenters. The van der Waals surface area contributed by atoms with E-state index in [4.69, 9.17) is 9.47 Å². The maximum absolute atomic E-state index is 5.82. The minimum absolute atomic E-state index is 0.205. The smallest absolute Gasteiger partial charge is 0.196 e. The molecule has 0 aliphatic carbocycles. The van der Waals surface area contributed by atoms with Crippen LogP contribution in [0.3, 0.4) is 0 Å². The molecule has 0 saturated heterocycles. The van der Waals surface area contributed by atoms with E-state index in [1.54, 1.807) is 0 Å². The topological polar surface area (TPSA) is 18.5 Å². The van der Waals surface area contributed by atoms with Gasteiger partial charge in [-0.3, -0.25) is 0 Å². The summed E-state index contributed by atoms with van der Waals surface area (Å²) < 4.78 is 12.2. The first-order valence-corrected chi connectivity index (χ1v) is 9.56. The predicted octanol–water partition coefficient (Wildman–Crippen LogP) is 6.04. The zero-order chi connectivity index (χ0) is 16.7. The molecule has 126 valence electrons. The summed E-state index contributed by atoms with van der Waals surface area (Å²) in [5.41, 5.74) is 1.40. The van der Waals surface area contributed by atoms with Gasteiger partial charge in [-0.15, -0.1) is 0 Å². The van der Waals surface area contributed by atoms with E-state index in [1.165, 1.54) is 12.0 Å². The van der Waals surface area contributed by atoms with Gasteiger partial charge in [-0.1, -0.05) is 69.3 Å². The van der Waals surface area contributed by atoms with Crippen molar-refractivity contribution in [2.45, 2.75) is 64.1 Å². The van der Waals surface area contributed by atoms with Gasteiger partial charge in [0.15, 0.2) is 6.29 Å². The molecule has 0 spiro atoms. The van der Waals surface area contributed by atoms with Crippen LogP contribution in [-0.2, 0) is 4.74 Å². The highest BCUT2D eigenvalue weighted by Gasteiger charge is 2.18. The Hall–Kier alpha value is -0.290. The van der Waals surface area contributed by atoms with Crippen molar-refractivity contribution < 1.29 is 9.47 Å². The molecule has 0 aromatic heterocycles. The van der Waals surface area contributed by atoms with E-state index in [1.807, 2.05) is 6.92 Å². The molecule has 0 N–H and O–H groups in total. The van der Waals surface area contributed by atoms with E-state index in [2.05, 4.69) is 81.5 Å². The fourth-order valence-corrected chi connectivity index (χ4v) is 3.04. The molecule has 0 saturated carbocycles. The first-order valence-electron chi connectivity index (χ1n) is 8.31. The lowest BCUT2D eigenvalue weighted by atomic mass is 9.85. The van der Waals surface area contributed by atoms with E-state index in [0.29, 0.717) is 21.7 Å². The Labute approximate surface area is 150 Å². The average Bonchev–Trinajstić information content (AvgIpc) is 2.43. The Morgan fingerprint density at radius 1 is 0.955 bits per heavy atom. The van der Waals surface area contributed by atoms with Crippen molar-refractivity contribution in [3.8, 4) is 5.75 Å². The van der Waals surface area contributed by atoms with Crippen LogP contribution < -0.4 is 4.74 Å². The van der Waals surface area contributed by atoms with Crippen LogP contribution in [0.2, 0.25) is 0 Å². The lowest BCUT2D eigenvalue weighted by Gasteiger charge is -2.23. The van der Waals surface area contributed by atoms with Crippen LogP contribution in [0.1, 0.15) is 59.4 Å². The number of rotatable bonds is 9. The molecule has 0 bridgehead atoms. The fraction of sp³-hybridized carbons (Fsp3) is 0.684.